The summed E-state index contributed by atoms with van der Waals surface area (Å²) in [6, 6.07) is 9.03. The van der Waals surface area contributed by atoms with Gasteiger partial charge in [0.2, 0.25) is 15.9 Å². The fourth-order valence-electron chi connectivity index (χ4n) is 3.95. The molecular weight excluding hydrogens is 376 g/mol. The number of benzene rings is 1. The first-order valence-electron chi connectivity index (χ1n) is 9.53. The molecule has 0 N–H and O–H groups in total. The Bertz CT molecular complexity index is 970. The average Bonchev–Trinajstić information content (AvgIpc) is 2.73. The maximum absolute atomic E-state index is 13.1. The number of nitrogens with zero attached hydrogens (tertiary/aromatic N) is 4. The average molecular weight is 401 g/mol. The lowest BCUT2D eigenvalue weighted by Crippen LogP contribution is -2.48. The van der Waals surface area contributed by atoms with E-state index in [4.69, 9.17) is 0 Å². The van der Waals surface area contributed by atoms with E-state index in [2.05, 4.69) is 9.88 Å². The molecule has 1 amide bonds. The van der Waals surface area contributed by atoms with E-state index in [1.54, 1.807) is 46.7 Å². The van der Waals surface area contributed by atoms with Crippen molar-refractivity contribution in [2.75, 3.05) is 42.5 Å². The summed E-state index contributed by atoms with van der Waals surface area (Å²) < 4.78 is 27.9. The molecule has 1 aromatic carbocycles. The van der Waals surface area contributed by atoms with Crippen molar-refractivity contribution in [1.29, 1.82) is 0 Å². The van der Waals surface area contributed by atoms with Crippen LogP contribution in [0.1, 0.15) is 18.9 Å². The number of carbonyl (C=O) groups excluding carboxylic acids is 1. The summed E-state index contributed by atoms with van der Waals surface area (Å²) in [7, 11) is -3.55. The zero-order valence-corrected chi connectivity index (χ0v) is 16.7. The van der Waals surface area contributed by atoms with Crippen LogP contribution in [0.2, 0.25) is 0 Å². The van der Waals surface area contributed by atoms with Crippen LogP contribution in [0.15, 0.2) is 47.6 Å². The molecule has 0 aliphatic carbocycles. The van der Waals surface area contributed by atoms with Crippen LogP contribution in [0, 0.1) is 0 Å². The molecule has 0 spiro atoms. The third kappa shape index (κ3) is 3.49. The number of sulfonamides is 1. The molecule has 2 aromatic rings. The first-order valence-corrected chi connectivity index (χ1v) is 11.0. The Kier molecular flexibility index (Phi) is 5.07. The van der Waals surface area contributed by atoms with Crippen LogP contribution in [0.25, 0.3) is 0 Å². The van der Waals surface area contributed by atoms with E-state index in [1.807, 2.05) is 12.1 Å². The Labute approximate surface area is 165 Å². The van der Waals surface area contributed by atoms with Gasteiger partial charge in [0.25, 0.3) is 0 Å². The van der Waals surface area contributed by atoms with E-state index in [0.29, 0.717) is 37.6 Å². The summed E-state index contributed by atoms with van der Waals surface area (Å²) in [4.78, 5) is 20.1. The van der Waals surface area contributed by atoms with Gasteiger partial charge in [0.15, 0.2) is 0 Å². The SMILES string of the molecule is CC(=O)N1CCCc2cc(S(=O)(=O)N3CCN(c4ccncc4)CC3)ccc21. The molecule has 28 heavy (non-hydrogen) atoms. The van der Waals surface area contributed by atoms with Crippen molar-refractivity contribution >= 4 is 27.3 Å². The molecule has 7 nitrogen and oxygen atoms in total. The number of amides is 1. The van der Waals surface area contributed by atoms with Gasteiger partial charge >= 0.3 is 0 Å². The van der Waals surface area contributed by atoms with E-state index >= 15 is 0 Å². The predicted molar refractivity (Wildman–Crippen MR) is 108 cm³/mol. The summed E-state index contributed by atoms with van der Waals surface area (Å²) >= 11 is 0. The van der Waals surface area contributed by atoms with E-state index in [0.717, 1.165) is 29.8 Å². The number of aromatic nitrogens is 1. The number of fused-ring (bicyclic) bond motifs is 1. The Hall–Kier alpha value is -2.45. The number of anilines is 2. The molecule has 0 bridgehead atoms. The summed E-state index contributed by atoms with van der Waals surface area (Å²) in [6.07, 6.45) is 5.13. The topological polar surface area (TPSA) is 73.8 Å². The van der Waals surface area contributed by atoms with Crippen LogP contribution in [0.4, 0.5) is 11.4 Å². The van der Waals surface area contributed by atoms with Crippen LogP contribution < -0.4 is 9.80 Å². The quantitative estimate of drug-likeness (QED) is 0.787. The van der Waals surface area contributed by atoms with E-state index in [9.17, 15) is 13.2 Å². The summed E-state index contributed by atoms with van der Waals surface area (Å²) in [5.41, 5.74) is 2.82. The minimum absolute atomic E-state index is 0.0104. The van der Waals surface area contributed by atoms with Crippen LogP contribution >= 0.6 is 0 Å². The number of hydrogen-bond donors (Lipinski definition) is 0. The highest BCUT2D eigenvalue weighted by Gasteiger charge is 2.30. The standard InChI is InChI=1S/C20H24N4O3S/c1-16(25)24-10-2-3-17-15-19(4-5-20(17)24)28(26,27)23-13-11-22(12-14-23)18-6-8-21-9-7-18/h4-9,15H,2-3,10-14H2,1H3. The summed E-state index contributed by atoms with van der Waals surface area (Å²) in [5.74, 6) is -0.0104. The van der Waals surface area contributed by atoms with Gasteiger partial charge in [0, 0.05) is 63.4 Å². The smallest absolute Gasteiger partial charge is 0.243 e. The van der Waals surface area contributed by atoms with Gasteiger partial charge in [0.1, 0.15) is 0 Å². The molecule has 3 heterocycles. The predicted octanol–water partition coefficient (Wildman–Crippen LogP) is 1.89. The second-order valence-corrected chi connectivity index (χ2v) is 9.10. The minimum atomic E-state index is -3.55. The number of piperazine rings is 1. The van der Waals surface area contributed by atoms with Crippen molar-refractivity contribution in [2.45, 2.75) is 24.7 Å². The van der Waals surface area contributed by atoms with Crippen molar-refractivity contribution in [3.05, 3.63) is 48.3 Å². The third-order valence-electron chi connectivity index (χ3n) is 5.45. The molecule has 0 saturated carbocycles. The Morgan fingerprint density at radius 3 is 2.39 bits per heavy atom. The molecule has 148 valence electrons. The van der Waals surface area contributed by atoms with Gasteiger partial charge in [-0.3, -0.25) is 9.78 Å². The minimum Gasteiger partial charge on any atom is -0.369 e. The molecule has 1 saturated heterocycles. The number of rotatable bonds is 3. The van der Waals surface area contributed by atoms with Gasteiger partial charge < -0.3 is 9.80 Å². The zero-order valence-electron chi connectivity index (χ0n) is 15.9. The molecule has 1 aromatic heterocycles. The highest BCUT2D eigenvalue weighted by Crippen LogP contribution is 2.31. The van der Waals surface area contributed by atoms with Gasteiger partial charge in [-0.1, -0.05) is 0 Å². The monoisotopic (exact) mass is 400 g/mol. The normalized spacial score (nSPS) is 18.0. The van der Waals surface area contributed by atoms with Crippen LogP contribution in [-0.4, -0.2) is 56.3 Å². The molecule has 4 rings (SSSR count). The maximum Gasteiger partial charge on any atom is 0.243 e. The van der Waals surface area contributed by atoms with Crippen LogP contribution in [-0.2, 0) is 21.2 Å². The van der Waals surface area contributed by atoms with E-state index < -0.39 is 10.0 Å². The van der Waals surface area contributed by atoms with E-state index in [1.165, 1.54) is 0 Å². The van der Waals surface area contributed by atoms with Crippen molar-refractivity contribution in [3.8, 4) is 0 Å². The lowest BCUT2D eigenvalue weighted by Gasteiger charge is -2.35. The molecule has 2 aliphatic rings. The fourth-order valence-corrected chi connectivity index (χ4v) is 5.42. The Morgan fingerprint density at radius 1 is 1.00 bits per heavy atom. The van der Waals surface area contributed by atoms with Crippen molar-refractivity contribution < 1.29 is 13.2 Å². The maximum atomic E-state index is 13.1. The molecule has 0 atom stereocenters. The van der Waals surface area contributed by atoms with Crippen LogP contribution in [0.3, 0.4) is 0 Å². The highest BCUT2D eigenvalue weighted by atomic mass is 32.2. The fraction of sp³-hybridized carbons (Fsp3) is 0.400. The summed E-state index contributed by atoms with van der Waals surface area (Å²) in [5, 5.41) is 0. The first kappa shape index (κ1) is 18.9. The Morgan fingerprint density at radius 2 is 1.71 bits per heavy atom. The first-order chi connectivity index (χ1) is 13.5. The molecule has 0 radical (unpaired) electrons. The van der Waals surface area contributed by atoms with Crippen molar-refractivity contribution in [1.82, 2.24) is 9.29 Å². The molecule has 8 heteroatoms. The van der Waals surface area contributed by atoms with Crippen molar-refractivity contribution in [2.24, 2.45) is 0 Å². The number of hydrogen-bond acceptors (Lipinski definition) is 5. The van der Waals surface area contributed by atoms with Gasteiger partial charge in [-0.2, -0.15) is 4.31 Å². The second-order valence-electron chi connectivity index (χ2n) is 7.16. The van der Waals surface area contributed by atoms with Gasteiger partial charge in [-0.25, -0.2) is 8.42 Å². The second kappa shape index (κ2) is 7.52. The third-order valence-corrected chi connectivity index (χ3v) is 7.35. The molecular formula is C20H24N4O3S. The molecule has 0 unspecified atom stereocenters. The number of aryl methyl sites for hydroxylation is 1. The van der Waals surface area contributed by atoms with Gasteiger partial charge in [-0.05, 0) is 48.7 Å². The Balaban J connectivity index is 1.52. The number of pyridine rings is 1. The lowest BCUT2D eigenvalue weighted by molar-refractivity contribution is -0.116. The largest absolute Gasteiger partial charge is 0.369 e. The highest BCUT2D eigenvalue weighted by molar-refractivity contribution is 7.89. The molecule has 1 fully saturated rings. The number of carbonyl (C=O) groups is 1. The summed E-state index contributed by atoms with van der Waals surface area (Å²) in [6.45, 7) is 4.41. The van der Waals surface area contributed by atoms with Crippen molar-refractivity contribution in [3.63, 3.8) is 0 Å². The zero-order chi connectivity index (χ0) is 19.7. The van der Waals surface area contributed by atoms with Crippen LogP contribution in [0.5, 0.6) is 0 Å². The van der Waals surface area contributed by atoms with Gasteiger partial charge in [-0.15, -0.1) is 0 Å². The van der Waals surface area contributed by atoms with Gasteiger partial charge in [0.05, 0.1) is 4.90 Å². The van der Waals surface area contributed by atoms with E-state index in [-0.39, 0.29) is 5.91 Å². The molecule has 2 aliphatic heterocycles. The lowest BCUT2D eigenvalue weighted by atomic mass is 10.0.